The molecule has 2 rings (SSSR count). The first-order valence-corrected chi connectivity index (χ1v) is 7.60. The zero-order valence-corrected chi connectivity index (χ0v) is 15.0. The molecule has 0 radical (unpaired) electrons. The van der Waals surface area contributed by atoms with Gasteiger partial charge in [0.1, 0.15) is 12.4 Å². The van der Waals surface area contributed by atoms with E-state index in [0.29, 0.717) is 0 Å². The Labute approximate surface area is 158 Å². The maximum atomic E-state index is 12.9. The smallest absolute Gasteiger partial charge is 0.393 e. The van der Waals surface area contributed by atoms with Crippen molar-refractivity contribution in [1.82, 2.24) is 4.90 Å². The van der Waals surface area contributed by atoms with Crippen LogP contribution in [0.1, 0.15) is 0 Å². The minimum atomic E-state index is -4.60. The Balaban J connectivity index is 0.00000364. The molecule has 1 saturated heterocycles. The summed E-state index contributed by atoms with van der Waals surface area (Å²) in [7, 11) is 1.35. The first-order chi connectivity index (χ1) is 12.1. The van der Waals surface area contributed by atoms with E-state index in [2.05, 4.69) is 0 Å². The van der Waals surface area contributed by atoms with E-state index in [1.165, 1.54) is 30.2 Å². The maximum Gasteiger partial charge on any atom is 0.393 e. The molecule has 8 nitrogen and oxygen atoms in total. The fourth-order valence-electron chi connectivity index (χ4n) is 2.82. The number of alkyl halides is 3. The molecule has 0 bridgehead atoms. The highest BCUT2D eigenvalue weighted by molar-refractivity contribution is 5.85. The molecule has 0 amide bonds. The molecule has 2 atom stereocenters. The summed E-state index contributed by atoms with van der Waals surface area (Å²) in [6.07, 6.45) is -4.60. The Morgan fingerprint density at radius 2 is 2.07 bits per heavy atom. The molecule has 0 saturated carbocycles. The van der Waals surface area contributed by atoms with E-state index >= 15 is 0 Å². The molecule has 1 aliphatic heterocycles. The predicted molar refractivity (Wildman–Crippen MR) is 89.5 cm³/mol. The van der Waals surface area contributed by atoms with E-state index in [4.69, 9.17) is 14.6 Å². The van der Waals surface area contributed by atoms with Gasteiger partial charge in [-0.05, 0) is 12.1 Å². The van der Waals surface area contributed by atoms with Crippen molar-refractivity contribution in [1.29, 1.82) is 0 Å². The monoisotopic (exact) mass is 414 g/mol. The van der Waals surface area contributed by atoms with Gasteiger partial charge in [0.2, 0.25) is 0 Å². The molecule has 12 heteroatoms. The van der Waals surface area contributed by atoms with Gasteiger partial charge in [0.15, 0.2) is 5.75 Å². The number of hydrogen-bond acceptors (Lipinski definition) is 6. The summed E-state index contributed by atoms with van der Waals surface area (Å²) in [6.45, 7) is -0.814. The van der Waals surface area contributed by atoms with Crippen LogP contribution in [0, 0.1) is 22.0 Å². The van der Waals surface area contributed by atoms with Crippen LogP contribution in [0.5, 0.6) is 11.5 Å². The van der Waals surface area contributed by atoms with Gasteiger partial charge in [-0.1, -0.05) is 0 Å². The number of hydrogen-bond donors (Lipinski definition) is 1. The van der Waals surface area contributed by atoms with Crippen LogP contribution in [0.15, 0.2) is 18.2 Å². The molecule has 0 unspecified atom stereocenters. The van der Waals surface area contributed by atoms with Crippen LogP contribution in [-0.4, -0.2) is 60.4 Å². The average Bonchev–Trinajstić information content (AvgIpc) is 2.99. The van der Waals surface area contributed by atoms with Crippen molar-refractivity contribution in [3.63, 3.8) is 0 Å². The molecule has 0 aliphatic carbocycles. The number of rotatable bonds is 7. The number of benzene rings is 1. The van der Waals surface area contributed by atoms with Crippen molar-refractivity contribution >= 4 is 24.1 Å². The summed E-state index contributed by atoms with van der Waals surface area (Å²) in [6, 6.07) is 3.96. The fraction of sp³-hybridized carbons (Fsp3) is 0.533. The molecule has 1 heterocycles. The molecule has 1 aromatic rings. The Kier molecular flexibility index (Phi) is 7.66. The van der Waals surface area contributed by atoms with Crippen molar-refractivity contribution in [3.8, 4) is 11.5 Å². The summed E-state index contributed by atoms with van der Waals surface area (Å²) >= 11 is 0. The van der Waals surface area contributed by atoms with Crippen LogP contribution in [0.2, 0.25) is 0 Å². The number of likely N-dealkylation sites (tertiary alicyclic amines) is 1. The van der Waals surface area contributed by atoms with Gasteiger partial charge in [0.05, 0.1) is 29.9 Å². The van der Waals surface area contributed by atoms with Gasteiger partial charge in [-0.15, -0.1) is 12.4 Å². The lowest BCUT2D eigenvalue weighted by Crippen LogP contribution is -2.33. The molecule has 152 valence electrons. The molecular formula is C15H18ClF3N2O6. The van der Waals surface area contributed by atoms with Crippen LogP contribution in [0.4, 0.5) is 18.9 Å². The number of carboxylic acids is 1. The van der Waals surface area contributed by atoms with E-state index in [0.717, 1.165) is 0 Å². The van der Waals surface area contributed by atoms with Crippen LogP contribution in [0.3, 0.4) is 0 Å². The Morgan fingerprint density at radius 3 is 2.56 bits per heavy atom. The van der Waals surface area contributed by atoms with Gasteiger partial charge < -0.3 is 14.6 Å². The first-order valence-electron chi connectivity index (χ1n) is 7.60. The Bertz CT molecular complexity index is 688. The minimum Gasteiger partial charge on any atom is -0.496 e. The second-order valence-electron chi connectivity index (χ2n) is 5.79. The number of ether oxygens (including phenoxy) is 2. The number of carbonyl (C=O) groups is 1. The van der Waals surface area contributed by atoms with Crippen LogP contribution < -0.4 is 9.47 Å². The van der Waals surface area contributed by atoms with Crippen molar-refractivity contribution in [3.05, 3.63) is 28.3 Å². The molecule has 1 aliphatic rings. The number of methoxy groups -OCH3 is 1. The predicted octanol–water partition coefficient (Wildman–Crippen LogP) is 2.60. The largest absolute Gasteiger partial charge is 0.496 e. The third-order valence-electron chi connectivity index (χ3n) is 4.16. The van der Waals surface area contributed by atoms with E-state index in [1.54, 1.807) is 0 Å². The van der Waals surface area contributed by atoms with E-state index in [1.807, 2.05) is 0 Å². The van der Waals surface area contributed by atoms with E-state index in [9.17, 15) is 28.1 Å². The fourth-order valence-corrected chi connectivity index (χ4v) is 2.82. The Morgan fingerprint density at radius 1 is 1.41 bits per heavy atom. The number of nitro groups is 1. The van der Waals surface area contributed by atoms with Gasteiger partial charge in [0, 0.05) is 19.6 Å². The number of nitrogens with zero attached hydrogens (tertiary/aromatic N) is 2. The Hall–Kier alpha value is -2.27. The highest BCUT2D eigenvalue weighted by Gasteiger charge is 2.52. The van der Waals surface area contributed by atoms with Gasteiger partial charge in [-0.2, -0.15) is 13.2 Å². The summed E-state index contributed by atoms with van der Waals surface area (Å²) < 4.78 is 49.0. The van der Waals surface area contributed by atoms with Crippen molar-refractivity contribution in [2.75, 3.05) is 33.4 Å². The van der Waals surface area contributed by atoms with Gasteiger partial charge >= 0.3 is 17.8 Å². The summed E-state index contributed by atoms with van der Waals surface area (Å²) in [5.74, 6) is -4.76. The lowest BCUT2D eigenvalue weighted by molar-refractivity contribution is -0.385. The normalized spacial score (nSPS) is 20.0. The lowest BCUT2D eigenvalue weighted by atomic mass is 9.96. The zero-order valence-electron chi connectivity index (χ0n) is 14.1. The lowest BCUT2D eigenvalue weighted by Gasteiger charge is -2.18. The molecule has 1 N–H and O–H groups in total. The molecular weight excluding hydrogens is 397 g/mol. The number of halogens is 4. The topological polar surface area (TPSA) is 102 Å². The van der Waals surface area contributed by atoms with Crippen molar-refractivity contribution in [2.24, 2.45) is 11.8 Å². The van der Waals surface area contributed by atoms with E-state index < -0.39 is 35.4 Å². The van der Waals surface area contributed by atoms with Crippen LogP contribution in [0.25, 0.3) is 0 Å². The maximum absolute atomic E-state index is 12.9. The second kappa shape index (κ2) is 9.09. The standard InChI is InChI=1S/C15H17F3N2O6.ClH/c1-25-9-2-3-13(12(6-9)20(23)24)26-5-4-19-7-10(14(21)22)11(8-19)15(16,17)18;/h2-3,6,10-11H,4-5,7-8H2,1H3,(H,21,22);1H/t10-,11-;/m1./s1. The SMILES string of the molecule is COc1ccc(OCCN2C[C@@H](C(F)(F)F)[C@H](C(=O)O)C2)c([N+](=O)[O-])c1.Cl. The van der Waals surface area contributed by atoms with Gasteiger partial charge in [0.25, 0.3) is 0 Å². The van der Waals surface area contributed by atoms with Crippen molar-refractivity contribution in [2.45, 2.75) is 6.18 Å². The van der Waals surface area contributed by atoms with Crippen molar-refractivity contribution < 1.29 is 37.5 Å². The van der Waals surface area contributed by atoms with Gasteiger partial charge in [-0.3, -0.25) is 19.8 Å². The second-order valence-corrected chi connectivity index (χ2v) is 5.79. The zero-order chi connectivity index (χ0) is 19.5. The molecule has 0 aromatic heterocycles. The highest BCUT2D eigenvalue weighted by Crippen LogP contribution is 2.37. The van der Waals surface area contributed by atoms with E-state index in [-0.39, 0.29) is 49.3 Å². The summed E-state index contributed by atoms with van der Waals surface area (Å²) in [5.41, 5.74) is -0.331. The van der Waals surface area contributed by atoms with Crippen LogP contribution in [-0.2, 0) is 4.79 Å². The number of aliphatic carboxylic acids is 1. The quantitative estimate of drug-likeness (QED) is 0.540. The minimum absolute atomic E-state index is 0. The number of carboxylic acid groups (broad SMARTS) is 1. The average molecular weight is 415 g/mol. The third kappa shape index (κ3) is 5.60. The molecule has 1 fully saturated rings. The molecule has 1 aromatic carbocycles. The highest BCUT2D eigenvalue weighted by atomic mass is 35.5. The summed E-state index contributed by atoms with van der Waals surface area (Å²) in [4.78, 5) is 22.8. The third-order valence-corrected chi connectivity index (χ3v) is 4.16. The summed E-state index contributed by atoms with van der Waals surface area (Å²) in [5, 5.41) is 20.0. The van der Waals surface area contributed by atoms with Crippen LogP contribution >= 0.6 is 12.4 Å². The molecule has 27 heavy (non-hydrogen) atoms. The first kappa shape index (κ1) is 22.8. The number of nitro benzene ring substituents is 1. The molecule has 0 spiro atoms. The van der Waals surface area contributed by atoms with Gasteiger partial charge in [-0.25, -0.2) is 0 Å².